The molecule has 0 amide bonds. The Labute approximate surface area is 146 Å². The third-order valence-electron chi connectivity index (χ3n) is 3.54. The molecule has 0 aromatic heterocycles. The first-order valence-electron chi connectivity index (χ1n) is 7.80. The van der Waals surface area contributed by atoms with Gasteiger partial charge in [-0.2, -0.15) is 0 Å². The first kappa shape index (κ1) is 16.5. The molecule has 0 spiro atoms. The molecular weight excluding hydrogens is 314 g/mol. The molecule has 0 aliphatic heterocycles. The van der Waals surface area contributed by atoms with Crippen molar-refractivity contribution < 1.29 is 14.3 Å². The molecular formula is C21H17NO3. The van der Waals surface area contributed by atoms with Gasteiger partial charge < -0.3 is 9.47 Å². The average Bonchev–Trinajstić information content (AvgIpc) is 2.68. The van der Waals surface area contributed by atoms with Crippen LogP contribution in [-0.4, -0.2) is 19.3 Å². The maximum Gasteiger partial charge on any atom is 0.343 e. The predicted molar refractivity (Wildman–Crippen MR) is 98.1 cm³/mol. The Hall–Kier alpha value is -3.40. The minimum absolute atomic E-state index is 0.409. The topological polar surface area (TPSA) is 47.9 Å². The van der Waals surface area contributed by atoms with Crippen molar-refractivity contribution in [2.45, 2.75) is 0 Å². The van der Waals surface area contributed by atoms with Gasteiger partial charge in [0.05, 0.1) is 18.4 Å². The highest BCUT2D eigenvalue weighted by Gasteiger charge is 2.08. The van der Waals surface area contributed by atoms with Crippen LogP contribution in [0.5, 0.6) is 11.5 Å². The number of hydrogen-bond acceptors (Lipinski definition) is 4. The van der Waals surface area contributed by atoms with Gasteiger partial charge in [-0.05, 0) is 66.2 Å². The van der Waals surface area contributed by atoms with Crippen LogP contribution in [0.15, 0.2) is 83.9 Å². The molecule has 4 nitrogen and oxygen atoms in total. The fraction of sp³-hybridized carbons (Fsp3) is 0.0476. The van der Waals surface area contributed by atoms with E-state index in [1.807, 2.05) is 42.5 Å². The summed E-state index contributed by atoms with van der Waals surface area (Å²) in [5.74, 6) is 0.768. The van der Waals surface area contributed by atoms with Gasteiger partial charge in [0.25, 0.3) is 0 Å². The van der Waals surface area contributed by atoms with Gasteiger partial charge in [-0.25, -0.2) is 4.79 Å². The Morgan fingerprint density at radius 3 is 2.12 bits per heavy atom. The number of para-hydroxylation sites is 1. The van der Waals surface area contributed by atoms with E-state index in [9.17, 15) is 4.79 Å². The summed E-state index contributed by atoms with van der Waals surface area (Å²) in [6.45, 7) is 0. The van der Waals surface area contributed by atoms with E-state index < -0.39 is 5.97 Å². The van der Waals surface area contributed by atoms with E-state index in [0.29, 0.717) is 17.1 Å². The largest absolute Gasteiger partial charge is 0.497 e. The maximum absolute atomic E-state index is 12.1. The summed E-state index contributed by atoms with van der Waals surface area (Å²) in [6, 6.07) is 23.7. The highest BCUT2D eigenvalue weighted by Crippen LogP contribution is 2.17. The second-order valence-electron chi connectivity index (χ2n) is 5.28. The third-order valence-corrected chi connectivity index (χ3v) is 3.54. The lowest BCUT2D eigenvalue weighted by molar-refractivity contribution is 0.0734. The van der Waals surface area contributed by atoms with Crippen LogP contribution >= 0.6 is 0 Å². The van der Waals surface area contributed by atoms with Gasteiger partial charge in [0.2, 0.25) is 0 Å². The van der Waals surface area contributed by atoms with E-state index in [-0.39, 0.29) is 0 Å². The van der Waals surface area contributed by atoms with E-state index in [2.05, 4.69) is 4.99 Å². The lowest BCUT2D eigenvalue weighted by atomic mass is 10.2. The molecule has 0 heterocycles. The summed E-state index contributed by atoms with van der Waals surface area (Å²) in [6.07, 6.45) is 1.77. The van der Waals surface area contributed by atoms with Gasteiger partial charge >= 0.3 is 5.97 Å². The zero-order valence-corrected chi connectivity index (χ0v) is 13.8. The third kappa shape index (κ3) is 4.54. The number of benzene rings is 3. The van der Waals surface area contributed by atoms with Crippen molar-refractivity contribution >= 4 is 17.9 Å². The summed E-state index contributed by atoms with van der Waals surface area (Å²) in [7, 11) is 1.58. The minimum atomic E-state index is -0.409. The summed E-state index contributed by atoms with van der Waals surface area (Å²) in [5, 5.41) is 0. The van der Waals surface area contributed by atoms with Crippen LogP contribution in [0, 0.1) is 0 Å². The molecule has 0 atom stereocenters. The first-order chi connectivity index (χ1) is 12.2. The van der Waals surface area contributed by atoms with E-state index in [4.69, 9.17) is 9.47 Å². The number of aliphatic imine (C=N–C) groups is 1. The van der Waals surface area contributed by atoms with Gasteiger partial charge in [-0.1, -0.05) is 18.2 Å². The Bertz CT molecular complexity index is 854. The standard InChI is InChI=1S/C21H17NO3/c1-24-19-13-9-17(10-14-19)21(23)25-20-11-7-16(8-12-20)15-22-18-5-3-2-4-6-18/h2-15H,1H3. The summed E-state index contributed by atoms with van der Waals surface area (Å²) < 4.78 is 10.4. The van der Waals surface area contributed by atoms with Crippen molar-refractivity contribution in [3.8, 4) is 11.5 Å². The number of carbonyl (C=O) groups is 1. The smallest absolute Gasteiger partial charge is 0.343 e. The molecule has 0 aliphatic rings. The van der Waals surface area contributed by atoms with Crippen molar-refractivity contribution in [3.63, 3.8) is 0 Å². The summed E-state index contributed by atoms with van der Waals surface area (Å²) >= 11 is 0. The quantitative estimate of drug-likeness (QED) is 0.388. The number of nitrogens with zero attached hydrogens (tertiary/aromatic N) is 1. The molecule has 0 saturated carbocycles. The number of methoxy groups -OCH3 is 1. The highest BCUT2D eigenvalue weighted by atomic mass is 16.5. The van der Waals surface area contributed by atoms with E-state index in [1.54, 1.807) is 49.7 Å². The predicted octanol–water partition coefficient (Wildman–Crippen LogP) is 4.67. The maximum atomic E-state index is 12.1. The minimum Gasteiger partial charge on any atom is -0.497 e. The average molecular weight is 331 g/mol. The molecule has 0 fully saturated rings. The van der Waals surface area contributed by atoms with E-state index >= 15 is 0 Å². The highest BCUT2D eigenvalue weighted by molar-refractivity contribution is 5.91. The SMILES string of the molecule is COc1ccc(C(=O)Oc2ccc(C=Nc3ccccc3)cc2)cc1. The van der Waals surface area contributed by atoms with Crippen LogP contribution in [-0.2, 0) is 0 Å². The molecule has 0 N–H and O–H groups in total. The molecule has 3 aromatic carbocycles. The number of hydrogen-bond donors (Lipinski definition) is 0. The van der Waals surface area contributed by atoms with Crippen LogP contribution in [0.25, 0.3) is 0 Å². The molecule has 3 aromatic rings. The normalized spacial score (nSPS) is 10.6. The molecule has 25 heavy (non-hydrogen) atoms. The molecule has 0 bridgehead atoms. The van der Waals surface area contributed by atoms with Crippen LogP contribution in [0.2, 0.25) is 0 Å². The molecule has 0 radical (unpaired) electrons. The van der Waals surface area contributed by atoms with Crippen molar-refractivity contribution in [1.29, 1.82) is 0 Å². The zero-order chi connectivity index (χ0) is 17.5. The van der Waals surface area contributed by atoms with Crippen molar-refractivity contribution in [1.82, 2.24) is 0 Å². The molecule has 0 aliphatic carbocycles. The Kier molecular flexibility index (Phi) is 5.22. The van der Waals surface area contributed by atoms with Gasteiger partial charge in [-0.3, -0.25) is 4.99 Å². The van der Waals surface area contributed by atoms with Crippen LogP contribution in [0.1, 0.15) is 15.9 Å². The van der Waals surface area contributed by atoms with Crippen molar-refractivity contribution in [3.05, 3.63) is 90.0 Å². The van der Waals surface area contributed by atoms with Crippen molar-refractivity contribution in [2.75, 3.05) is 7.11 Å². The molecule has 0 unspecified atom stereocenters. The summed E-state index contributed by atoms with van der Waals surface area (Å²) in [4.78, 5) is 16.5. The Morgan fingerprint density at radius 1 is 0.840 bits per heavy atom. The molecule has 3 rings (SSSR count). The van der Waals surface area contributed by atoms with Crippen LogP contribution in [0.4, 0.5) is 5.69 Å². The first-order valence-corrected chi connectivity index (χ1v) is 7.80. The Balaban J connectivity index is 1.63. The van der Waals surface area contributed by atoms with Crippen LogP contribution < -0.4 is 9.47 Å². The zero-order valence-electron chi connectivity index (χ0n) is 13.8. The van der Waals surface area contributed by atoms with Gasteiger partial charge in [-0.15, -0.1) is 0 Å². The number of ether oxygens (including phenoxy) is 2. The van der Waals surface area contributed by atoms with E-state index in [0.717, 1.165) is 11.3 Å². The monoisotopic (exact) mass is 331 g/mol. The Morgan fingerprint density at radius 2 is 1.48 bits per heavy atom. The van der Waals surface area contributed by atoms with Crippen molar-refractivity contribution in [2.24, 2.45) is 4.99 Å². The molecule has 124 valence electrons. The lowest BCUT2D eigenvalue weighted by Gasteiger charge is -2.05. The van der Waals surface area contributed by atoms with Gasteiger partial charge in [0.15, 0.2) is 0 Å². The summed E-state index contributed by atoms with van der Waals surface area (Å²) in [5.41, 5.74) is 2.28. The van der Waals surface area contributed by atoms with Gasteiger partial charge in [0, 0.05) is 6.21 Å². The second-order valence-corrected chi connectivity index (χ2v) is 5.28. The second kappa shape index (κ2) is 7.93. The number of rotatable bonds is 5. The van der Waals surface area contributed by atoms with E-state index in [1.165, 1.54) is 0 Å². The number of carbonyl (C=O) groups excluding carboxylic acids is 1. The number of esters is 1. The lowest BCUT2D eigenvalue weighted by Crippen LogP contribution is -2.08. The molecule has 0 saturated heterocycles. The molecule has 4 heteroatoms. The fourth-order valence-electron chi connectivity index (χ4n) is 2.18. The van der Waals surface area contributed by atoms with Crippen LogP contribution in [0.3, 0.4) is 0 Å². The van der Waals surface area contributed by atoms with Gasteiger partial charge in [0.1, 0.15) is 11.5 Å². The fourth-order valence-corrected chi connectivity index (χ4v) is 2.18.